The first-order valence-corrected chi connectivity index (χ1v) is 8.61. The average Bonchev–Trinajstić information content (AvgIpc) is 3.29. The van der Waals surface area contributed by atoms with Gasteiger partial charge in [0.05, 0.1) is 12.1 Å². The van der Waals surface area contributed by atoms with Crippen molar-refractivity contribution in [1.82, 2.24) is 19.8 Å². The normalized spacial score (nSPS) is 32.4. The van der Waals surface area contributed by atoms with Crippen LogP contribution in [0.3, 0.4) is 0 Å². The first kappa shape index (κ1) is 14.5. The van der Waals surface area contributed by atoms with Crippen LogP contribution in [0.4, 0.5) is 0 Å². The Morgan fingerprint density at radius 3 is 2.86 bits per heavy atom. The van der Waals surface area contributed by atoms with E-state index in [2.05, 4.69) is 26.8 Å². The maximum absolute atomic E-state index is 6.19. The number of fused-ring (bicyclic) bond motifs is 1. The van der Waals surface area contributed by atoms with Crippen LogP contribution in [-0.2, 0) is 11.3 Å². The van der Waals surface area contributed by atoms with Gasteiger partial charge in [0, 0.05) is 50.2 Å². The zero-order valence-electron chi connectivity index (χ0n) is 13.4. The van der Waals surface area contributed by atoms with Crippen LogP contribution in [-0.4, -0.2) is 64.7 Å². The van der Waals surface area contributed by atoms with Gasteiger partial charge in [-0.05, 0) is 38.6 Å². The Kier molecular flexibility index (Phi) is 4.11. The molecule has 0 N–H and O–H groups in total. The van der Waals surface area contributed by atoms with Crippen molar-refractivity contribution in [2.45, 2.75) is 50.4 Å². The van der Waals surface area contributed by atoms with Crippen molar-refractivity contribution in [2.24, 2.45) is 5.92 Å². The first-order valence-electron chi connectivity index (χ1n) is 8.61. The highest BCUT2D eigenvalue weighted by Crippen LogP contribution is 2.36. The van der Waals surface area contributed by atoms with Crippen LogP contribution in [0.2, 0.25) is 0 Å². The third kappa shape index (κ3) is 3.03. The predicted molar refractivity (Wildman–Crippen MR) is 84.3 cm³/mol. The third-order valence-electron chi connectivity index (χ3n) is 5.41. The lowest BCUT2D eigenvalue weighted by atomic mass is 10.00. The second-order valence-electron chi connectivity index (χ2n) is 7.17. The molecule has 0 amide bonds. The van der Waals surface area contributed by atoms with Crippen molar-refractivity contribution < 1.29 is 4.74 Å². The second-order valence-corrected chi connectivity index (χ2v) is 7.17. The number of nitrogens with zero attached hydrogens (tertiary/aromatic N) is 4. The summed E-state index contributed by atoms with van der Waals surface area (Å²) >= 11 is 0. The highest BCUT2D eigenvalue weighted by atomic mass is 16.5. The van der Waals surface area contributed by atoms with Crippen LogP contribution < -0.4 is 0 Å². The molecule has 3 aliphatic rings. The first-order chi connectivity index (χ1) is 10.8. The number of hydrogen-bond acceptors (Lipinski definition) is 5. The monoisotopic (exact) mass is 302 g/mol. The van der Waals surface area contributed by atoms with E-state index < -0.39 is 0 Å². The number of aromatic nitrogens is 2. The fourth-order valence-electron chi connectivity index (χ4n) is 4.07. The maximum Gasteiger partial charge on any atom is 0.115 e. The molecule has 2 saturated heterocycles. The van der Waals surface area contributed by atoms with E-state index in [0.717, 1.165) is 25.6 Å². The molecule has 0 aromatic carbocycles. The van der Waals surface area contributed by atoms with Gasteiger partial charge in [0.25, 0.3) is 0 Å². The van der Waals surface area contributed by atoms with Gasteiger partial charge in [0.2, 0.25) is 0 Å². The van der Waals surface area contributed by atoms with Crippen molar-refractivity contribution in [3.63, 3.8) is 0 Å². The molecule has 0 radical (unpaired) electrons. The molecule has 1 saturated carbocycles. The van der Waals surface area contributed by atoms with E-state index in [9.17, 15) is 0 Å². The van der Waals surface area contributed by atoms with Crippen molar-refractivity contribution in [2.75, 3.05) is 26.7 Å². The predicted octanol–water partition coefficient (Wildman–Crippen LogP) is 1.55. The van der Waals surface area contributed by atoms with Gasteiger partial charge in [-0.3, -0.25) is 9.80 Å². The largest absolute Gasteiger partial charge is 0.375 e. The van der Waals surface area contributed by atoms with Crippen LogP contribution in [0.1, 0.15) is 31.2 Å². The molecule has 22 heavy (non-hydrogen) atoms. The topological polar surface area (TPSA) is 41.5 Å². The number of rotatable bonds is 5. The molecule has 0 unspecified atom stereocenters. The van der Waals surface area contributed by atoms with Crippen molar-refractivity contribution in [3.05, 3.63) is 24.3 Å². The van der Waals surface area contributed by atoms with Gasteiger partial charge in [-0.1, -0.05) is 0 Å². The van der Waals surface area contributed by atoms with Crippen LogP contribution >= 0.6 is 0 Å². The lowest BCUT2D eigenvalue weighted by Crippen LogP contribution is -2.46. The Morgan fingerprint density at radius 2 is 2.09 bits per heavy atom. The van der Waals surface area contributed by atoms with Gasteiger partial charge in [-0.25, -0.2) is 9.97 Å². The summed E-state index contributed by atoms with van der Waals surface area (Å²) in [4.78, 5) is 13.4. The highest BCUT2D eigenvalue weighted by molar-refractivity contribution is 5.06. The Hall–Kier alpha value is -1.04. The molecule has 2 aliphatic heterocycles. The van der Waals surface area contributed by atoms with E-state index in [4.69, 9.17) is 4.74 Å². The van der Waals surface area contributed by atoms with Gasteiger partial charge < -0.3 is 4.74 Å². The summed E-state index contributed by atoms with van der Waals surface area (Å²) in [5.74, 6) is 0.953. The lowest BCUT2D eigenvalue weighted by Gasteiger charge is -2.34. The van der Waals surface area contributed by atoms with E-state index in [1.807, 2.05) is 12.4 Å². The van der Waals surface area contributed by atoms with E-state index in [0.29, 0.717) is 18.2 Å². The van der Waals surface area contributed by atoms with E-state index in [1.165, 1.54) is 37.8 Å². The quantitative estimate of drug-likeness (QED) is 0.825. The zero-order valence-corrected chi connectivity index (χ0v) is 13.4. The van der Waals surface area contributed by atoms with Gasteiger partial charge in [0.15, 0.2) is 0 Å². The molecule has 1 aliphatic carbocycles. The second kappa shape index (κ2) is 6.22. The molecule has 120 valence electrons. The maximum atomic E-state index is 6.19. The van der Waals surface area contributed by atoms with Crippen molar-refractivity contribution in [1.29, 1.82) is 0 Å². The fourth-order valence-corrected chi connectivity index (χ4v) is 4.07. The third-order valence-corrected chi connectivity index (χ3v) is 5.41. The minimum Gasteiger partial charge on any atom is -0.375 e. The van der Waals surface area contributed by atoms with Gasteiger partial charge in [-0.15, -0.1) is 0 Å². The Labute approximate surface area is 132 Å². The van der Waals surface area contributed by atoms with Crippen LogP contribution in [0.15, 0.2) is 18.7 Å². The van der Waals surface area contributed by atoms with E-state index in [-0.39, 0.29) is 0 Å². The number of ether oxygens (including phenoxy) is 1. The minimum absolute atomic E-state index is 0.377. The molecule has 3 fully saturated rings. The Morgan fingerprint density at radius 1 is 1.27 bits per heavy atom. The van der Waals surface area contributed by atoms with Crippen molar-refractivity contribution in [3.8, 4) is 0 Å². The van der Waals surface area contributed by atoms with Crippen molar-refractivity contribution >= 4 is 0 Å². The molecule has 0 spiro atoms. The summed E-state index contributed by atoms with van der Waals surface area (Å²) in [7, 11) is 2.22. The summed E-state index contributed by atoms with van der Waals surface area (Å²) in [6, 6.07) is 1.12. The molecule has 5 nitrogen and oxygen atoms in total. The molecule has 0 bridgehead atoms. The number of likely N-dealkylation sites (tertiary alicyclic amines) is 1. The van der Waals surface area contributed by atoms with E-state index in [1.54, 1.807) is 6.33 Å². The smallest absolute Gasteiger partial charge is 0.115 e. The summed E-state index contributed by atoms with van der Waals surface area (Å²) in [6.45, 7) is 4.26. The molecular formula is C17H26N4O. The summed E-state index contributed by atoms with van der Waals surface area (Å²) < 4.78 is 6.19. The van der Waals surface area contributed by atoms with Gasteiger partial charge in [-0.2, -0.15) is 0 Å². The molecule has 3 atom stereocenters. The molecule has 3 heterocycles. The molecule has 5 heteroatoms. The zero-order chi connectivity index (χ0) is 14.9. The van der Waals surface area contributed by atoms with Gasteiger partial charge >= 0.3 is 0 Å². The highest BCUT2D eigenvalue weighted by Gasteiger charge is 2.46. The molecular weight excluding hydrogens is 276 g/mol. The molecule has 1 aromatic rings. The standard InChI is InChI=1S/C17H26N4O/c1-20(9-14-7-18-12-19-8-14)16-11-21(10-13-4-5-13)15-3-2-6-22-17(15)16/h7-8,12-13,15-17H,2-6,9-11H2,1H3/t15-,16+,17+/m0/s1. The van der Waals surface area contributed by atoms with E-state index >= 15 is 0 Å². The van der Waals surface area contributed by atoms with Crippen LogP contribution in [0, 0.1) is 5.92 Å². The Bertz CT molecular complexity index is 493. The summed E-state index contributed by atoms with van der Waals surface area (Å²) in [5.41, 5.74) is 1.18. The molecule has 1 aromatic heterocycles. The summed E-state index contributed by atoms with van der Waals surface area (Å²) in [6.07, 6.45) is 11.2. The number of likely N-dealkylation sites (N-methyl/N-ethyl adjacent to an activating group) is 1. The van der Waals surface area contributed by atoms with Crippen LogP contribution in [0.25, 0.3) is 0 Å². The lowest BCUT2D eigenvalue weighted by molar-refractivity contribution is -0.0381. The SMILES string of the molecule is CN(Cc1cncnc1)[C@@H]1CN(CC2CC2)[C@H]2CCCO[C@@H]12. The minimum atomic E-state index is 0.377. The Balaban J connectivity index is 1.45. The molecule has 4 rings (SSSR count). The van der Waals surface area contributed by atoms with Crippen LogP contribution in [0.5, 0.6) is 0 Å². The average molecular weight is 302 g/mol. The summed E-state index contributed by atoms with van der Waals surface area (Å²) in [5, 5.41) is 0. The van der Waals surface area contributed by atoms with Gasteiger partial charge in [0.1, 0.15) is 6.33 Å². The number of hydrogen-bond donors (Lipinski definition) is 0. The fraction of sp³-hybridized carbons (Fsp3) is 0.765.